The molecule has 0 spiro atoms. The fourth-order valence-electron chi connectivity index (χ4n) is 2.80. The van der Waals surface area contributed by atoms with Gasteiger partial charge >= 0.3 is 12.4 Å². The standard InChI is InChI=1S/C18H16F6O2/c1-7-9(3)15(25)11(5-13(7)17(19,20)21)12-6-14(18(22,23)24)8(2)10(4)16(12)26/h5-6,25-26H,1-4H3. The lowest BCUT2D eigenvalue weighted by Gasteiger charge is -2.20. The minimum Gasteiger partial charge on any atom is -0.507 e. The molecule has 2 aromatic carbocycles. The number of rotatable bonds is 1. The summed E-state index contributed by atoms with van der Waals surface area (Å²) in [6.45, 7) is 4.77. The van der Waals surface area contributed by atoms with Gasteiger partial charge in [0.2, 0.25) is 0 Å². The highest BCUT2D eigenvalue weighted by Gasteiger charge is 2.37. The van der Waals surface area contributed by atoms with Crippen LogP contribution in [0.25, 0.3) is 11.1 Å². The van der Waals surface area contributed by atoms with Gasteiger partial charge < -0.3 is 10.2 Å². The zero-order valence-corrected chi connectivity index (χ0v) is 14.3. The molecule has 0 atom stereocenters. The van der Waals surface area contributed by atoms with Crippen LogP contribution in [0.4, 0.5) is 26.3 Å². The zero-order chi connectivity index (χ0) is 20.2. The lowest BCUT2D eigenvalue weighted by Crippen LogP contribution is -2.11. The normalized spacial score (nSPS) is 12.5. The van der Waals surface area contributed by atoms with Gasteiger partial charge in [-0.1, -0.05) is 0 Å². The Balaban J connectivity index is 2.93. The summed E-state index contributed by atoms with van der Waals surface area (Å²) in [5.74, 6) is -1.22. The number of phenols is 2. The Morgan fingerprint density at radius 2 is 0.846 bits per heavy atom. The summed E-state index contributed by atoms with van der Waals surface area (Å²) in [5.41, 5.74) is -3.92. The summed E-state index contributed by atoms with van der Waals surface area (Å²) < 4.78 is 79.5. The van der Waals surface area contributed by atoms with Gasteiger partial charge in [0, 0.05) is 11.1 Å². The van der Waals surface area contributed by atoms with E-state index in [2.05, 4.69) is 0 Å². The van der Waals surface area contributed by atoms with Gasteiger partial charge in [-0.25, -0.2) is 0 Å². The highest BCUT2D eigenvalue weighted by molar-refractivity contribution is 5.80. The van der Waals surface area contributed by atoms with Crippen LogP contribution < -0.4 is 0 Å². The molecule has 0 heterocycles. The van der Waals surface area contributed by atoms with Crippen molar-refractivity contribution in [1.29, 1.82) is 0 Å². The lowest BCUT2D eigenvalue weighted by atomic mass is 9.89. The van der Waals surface area contributed by atoms with Crippen LogP contribution in [0.1, 0.15) is 33.4 Å². The maximum absolute atomic E-state index is 13.2. The van der Waals surface area contributed by atoms with E-state index in [4.69, 9.17) is 0 Å². The Morgan fingerprint density at radius 1 is 0.577 bits per heavy atom. The van der Waals surface area contributed by atoms with Gasteiger partial charge in [0.05, 0.1) is 11.1 Å². The van der Waals surface area contributed by atoms with Crippen molar-refractivity contribution in [1.82, 2.24) is 0 Å². The Bertz CT molecular complexity index is 806. The smallest absolute Gasteiger partial charge is 0.416 e. The maximum Gasteiger partial charge on any atom is 0.416 e. The third-order valence-corrected chi connectivity index (χ3v) is 4.63. The first-order valence-corrected chi connectivity index (χ1v) is 7.49. The highest BCUT2D eigenvalue weighted by atomic mass is 19.4. The van der Waals surface area contributed by atoms with Crippen molar-refractivity contribution in [3.8, 4) is 22.6 Å². The Morgan fingerprint density at radius 3 is 1.08 bits per heavy atom. The second-order valence-electron chi connectivity index (χ2n) is 6.14. The predicted molar refractivity (Wildman–Crippen MR) is 84.2 cm³/mol. The fourth-order valence-corrected chi connectivity index (χ4v) is 2.80. The van der Waals surface area contributed by atoms with Crippen LogP contribution in [0.3, 0.4) is 0 Å². The number of benzene rings is 2. The van der Waals surface area contributed by atoms with E-state index in [1.54, 1.807) is 0 Å². The van der Waals surface area contributed by atoms with E-state index in [1.165, 1.54) is 13.8 Å². The molecular formula is C18H16F6O2. The monoisotopic (exact) mass is 378 g/mol. The SMILES string of the molecule is Cc1c(C(F)(F)F)cc(-c2cc(C(F)(F)F)c(C)c(C)c2O)c(O)c1C. The molecule has 0 aliphatic rings. The van der Waals surface area contributed by atoms with Crippen LogP contribution in [0.15, 0.2) is 12.1 Å². The van der Waals surface area contributed by atoms with E-state index in [0.29, 0.717) is 12.1 Å². The third kappa shape index (κ3) is 3.20. The van der Waals surface area contributed by atoms with E-state index in [1.807, 2.05) is 0 Å². The molecule has 0 saturated heterocycles. The molecule has 0 aromatic heterocycles. The molecular weight excluding hydrogens is 362 g/mol. The van der Waals surface area contributed by atoms with Gasteiger partial charge in [0.25, 0.3) is 0 Å². The van der Waals surface area contributed by atoms with Gasteiger partial charge in [-0.15, -0.1) is 0 Å². The van der Waals surface area contributed by atoms with Crippen LogP contribution in [0.2, 0.25) is 0 Å². The largest absolute Gasteiger partial charge is 0.507 e. The van der Waals surface area contributed by atoms with Crippen molar-refractivity contribution in [2.45, 2.75) is 40.0 Å². The number of halogens is 6. The molecule has 26 heavy (non-hydrogen) atoms. The molecule has 0 saturated carbocycles. The summed E-state index contributed by atoms with van der Waals surface area (Å²) >= 11 is 0. The van der Waals surface area contributed by atoms with Crippen LogP contribution in [0, 0.1) is 27.7 Å². The molecule has 0 bridgehead atoms. The van der Waals surface area contributed by atoms with Crippen LogP contribution in [0.5, 0.6) is 11.5 Å². The highest BCUT2D eigenvalue weighted by Crippen LogP contribution is 2.47. The number of alkyl halides is 6. The predicted octanol–water partition coefficient (Wildman–Crippen LogP) is 6.04. The van der Waals surface area contributed by atoms with E-state index >= 15 is 0 Å². The third-order valence-electron chi connectivity index (χ3n) is 4.63. The fraction of sp³-hybridized carbons (Fsp3) is 0.333. The molecule has 0 aliphatic heterocycles. The molecule has 0 fully saturated rings. The average Bonchev–Trinajstić information content (AvgIpc) is 2.49. The second-order valence-corrected chi connectivity index (χ2v) is 6.14. The van der Waals surface area contributed by atoms with Crippen LogP contribution in [-0.2, 0) is 12.4 Å². The molecule has 0 amide bonds. The Hall–Kier alpha value is -2.38. The van der Waals surface area contributed by atoms with Gasteiger partial charge in [-0.3, -0.25) is 0 Å². The number of phenolic OH excluding ortho intramolecular Hbond substituents is 2. The van der Waals surface area contributed by atoms with Crippen molar-refractivity contribution in [2.24, 2.45) is 0 Å². The molecule has 0 unspecified atom stereocenters. The molecule has 0 radical (unpaired) electrons. The van der Waals surface area contributed by atoms with E-state index in [-0.39, 0.29) is 22.3 Å². The first kappa shape index (κ1) is 19.9. The van der Waals surface area contributed by atoms with Crippen molar-refractivity contribution in [2.75, 3.05) is 0 Å². The number of hydrogen-bond acceptors (Lipinski definition) is 2. The molecule has 8 heteroatoms. The van der Waals surface area contributed by atoms with Crippen LogP contribution >= 0.6 is 0 Å². The zero-order valence-electron chi connectivity index (χ0n) is 14.3. The summed E-state index contributed by atoms with van der Waals surface area (Å²) in [4.78, 5) is 0. The van der Waals surface area contributed by atoms with Gasteiger partial charge in [-0.05, 0) is 62.1 Å². The van der Waals surface area contributed by atoms with Crippen molar-refractivity contribution in [3.63, 3.8) is 0 Å². The topological polar surface area (TPSA) is 40.5 Å². The van der Waals surface area contributed by atoms with Crippen molar-refractivity contribution in [3.05, 3.63) is 45.5 Å². The summed E-state index contributed by atoms with van der Waals surface area (Å²) in [6.07, 6.45) is -9.53. The average molecular weight is 378 g/mol. The lowest BCUT2D eigenvalue weighted by molar-refractivity contribution is -0.139. The summed E-state index contributed by atoms with van der Waals surface area (Å²) in [6, 6.07) is 1.11. The minimum absolute atomic E-state index is 0.124. The van der Waals surface area contributed by atoms with Gasteiger partial charge in [0.15, 0.2) is 0 Å². The second kappa shape index (κ2) is 6.10. The van der Waals surface area contributed by atoms with Gasteiger partial charge in [0.1, 0.15) is 11.5 Å². The molecule has 2 aromatic rings. The first-order valence-electron chi connectivity index (χ1n) is 7.49. The number of aromatic hydroxyl groups is 2. The Kier molecular flexibility index (Phi) is 4.68. The molecule has 2 N–H and O–H groups in total. The summed E-state index contributed by atoms with van der Waals surface area (Å²) in [5, 5.41) is 20.5. The molecule has 2 rings (SSSR count). The van der Waals surface area contributed by atoms with E-state index < -0.39 is 46.1 Å². The van der Waals surface area contributed by atoms with Crippen LogP contribution in [-0.4, -0.2) is 10.2 Å². The van der Waals surface area contributed by atoms with Gasteiger partial charge in [-0.2, -0.15) is 26.3 Å². The minimum atomic E-state index is -4.76. The Labute approximate surface area is 145 Å². The first-order chi connectivity index (χ1) is 11.7. The number of hydrogen-bond donors (Lipinski definition) is 2. The van der Waals surface area contributed by atoms with Crippen molar-refractivity contribution < 1.29 is 36.6 Å². The maximum atomic E-state index is 13.2. The quantitative estimate of drug-likeness (QED) is 0.595. The molecule has 2 nitrogen and oxygen atoms in total. The van der Waals surface area contributed by atoms with Crippen molar-refractivity contribution >= 4 is 0 Å². The molecule has 142 valence electrons. The molecule has 0 aliphatic carbocycles. The van der Waals surface area contributed by atoms with E-state index in [9.17, 15) is 36.6 Å². The summed E-state index contributed by atoms with van der Waals surface area (Å²) in [7, 11) is 0. The van der Waals surface area contributed by atoms with E-state index in [0.717, 1.165) is 13.8 Å².